The number of unbranched alkanes of at least 4 members (excludes halogenated alkanes) is 9. The van der Waals surface area contributed by atoms with Crippen molar-refractivity contribution in [3.05, 3.63) is 32.6 Å². The maximum atomic E-state index is 12.6. The molecule has 5 nitrogen and oxygen atoms in total. The molecule has 0 atom stereocenters. The number of hydrogen-bond acceptors (Lipinski definition) is 3. The van der Waals surface area contributed by atoms with Gasteiger partial charge in [-0.1, -0.05) is 64.7 Å². The molecule has 0 aliphatic carbocycles. The molecule has 1 aliphatic rings. The second kappa shape index (κ2) is 14.6. The third kappa shape index (κ3) is 8.79. The summed E-state index contributed by atoms with van der Waals surface area (Å²) >= 11 is 0. The lowest BCUT2D eigenvalue weighted by molar-refractivity contribution is 0.250. The molecule has 0 spiro atoms. The highest BCUT2D eigenvalue weighted by Gasteiger charge is 2.11. The molecule has 0 radical (unpaired) electrons. The molecule has 0 saturated carbocycles. The third-order valence-corrected chi connectivity index (χ3v) is 6.53. The predicted molar refractivity (Wildman–Crippen MR) is 126 cm³/mol. The summed E-state index contributed by atoms with van der Waals surface area (Å²) in [6, 6.07) is 1.62. The Bertz CT molecular complexity index is 707. The first kappa shape index (κ1) is 24.9. The van der Waals surface area contributed by atoms with E-state index in [0.29, 0.717) is 6.54 Å². The molecule has 0 aromatic carbocycles. The normalized spacial score (nSPS) is 16.2. The Balaban J connectivity index is 1.69. The average molecular weight is 420 g/mol. The van der Waals surface area contributed by atoms with Crippen molar-refractivity contribution in [3.63, 3.8) is 0 Å². The molecule has 2 heterocycles. The van der Waals surface area contributed by atoms with Gasteiger partial charge >= 0.3 is 5.69 Å². The molecule has 0 fully saturated rings. The molecule has 0 saturated heterocycles. The van der Waals surface area contributed by atoms with Crippen LogP contribution >= 0.6 is 0 Å². The van der Waals surface area contributed by atoms with E-state index in [0.717, 1.165) is 51.0 Å². The molecule has 1 aliphatic heterocycles. The Labute approximate surface area is 183 Å². The largest absolute Gasteiger partial charge is 0.331 e. The molecule has 2 rings (SSSR count). The maximum absolute atomic E-state index is 12.6. The standard InChI is InChI=1S/C25H45N3O2/c1-3-4-5-6-7-8-9-10-11-12-17-26-18-13-15-20-27-23(2)22-24(29)28(25(27)30)21-16-14-19-26/h22H,3-21H2,1-2H3. The van der Waals surface area contributed by atoms with E-state index in [1.807, 2.05) is 6.92 Å². The predicted octanol–water partition coefficient (Wildman–Crippen LogP) is 5.12. The second-order valence-corrected chi connectivity index (χ2v) is 9.15. The summed E-state index contributed by atoms with van der Waals surface area (Å²) in [5.41, 5.74) is 0.524. The van der Waals surface area contributed by atoms with Gasteiger partial charge in [-0.3, -0.25) is 13.9 Å². The summed E-state index contributed by atoms with van der Waals surface area (Å²) < 4.78 is 3.22. The summed E-state index contributed by atoms with van der Waals surface area (Å²) in [6.45, 7) is 8.83. The fraction of sp³-hybridized carbons (Fsp3) is 0.840. The highest BCUT2D eigenvalue weighted by Crippen LogP contribution is 2.11. The first-order valence-electron chi connectivity index (χ1n) is 12.7. The zero-order valence-corrected chi connectivity index (χ0v) is 19.7. The highest BCUT2D eigenvalue weighted by molar-refractivity contribution is 5.00. The lowest BCUT2D eigenvalue weighted by atomic mass is 10.1. The Hall–Kier alpha value is -1.36. The summed E-state index contributed by atoms with van der Waals surface area (Å²) in [5, 5.41) is 0. The van der Waals surface area contributed by atoms with E-state index in [2.05, 4.69) is 11.8 Å². The smallest absolute Gasteiger partial charge is 0.303 e. The number of nitrogens with zero attached hydrogens (tertiary/aromatic N) is 3. The zero-order chi connectivity index (χ0) is 21.6. The van der Waals surface area contributed by atoms with Gasteiger partial charge in [0.2, 0.25) is 0 Å². The molecule has 5 heteroatoms. The summed E-state index contributed by atoms with van der Waals surface area (Å²) in [4.78, 5) is 27.4. The minimum Gasteiger partial charge on any atom is -0.303 e. The van der Waals surface area contributed by atoms with Gasteiger partial charge in [0.25, 0.3) is 5.56 Å². The first-order valence-corrected chi connectivity index (χ1v) is 12.7. The van der Waals surface area contributed by atoms with Gasteiger partial charge in [-0.25, -0.2) is 4.79 Å². The molecule has 0 amide bonds. The fourth-order valence-corrected chi connectivity index (χ4v) is 4.57. The Morgan fingerprint density at radius 2 is 1.20 bits per heavy atom. The van der Waals surface area contributed by atoms with Gasteiger partial charge in [0.15, 0.2) is 0 Å². The fourth-order valence-electron chi connectivity index (χ4n) is 4.57. The van der Waals surface area contributed by atoms with E-state index in [1.54, 1.807) is 10.6 Å². The van der Waals surface area contributed by atoms with E-state index in [9.17, 15) is 9.59 Å². The van der Waals surface area contributed by atoms with E-state index >= 15 is 0 Å². The van der Waals surface area contributed by atoms with Crippen molar-refractivity contribution in [1.29, 1.82) is 0 Å². The van der Waals surface area contributed by atoms with Gasteiger partial charge in [-0.15, -0.1) is 0 Å². The van der Waals surface area contributed by atoms with Crippen molar-refractivity contribution < 1.29 is 0 Å². The lowest BCUT2D eigenvalue weighted by Crippen LogP contribution is -2.41. The van der Waals surface area contributed by atoms with Crippen LogP contribution in [0.5, 0.6) is 0 Å². The molecule has 0 N–H and O–H groups in total. The number of aryl methyl sites for hydroxylation is 1. The molecule has 1 aromatic heterocycles. The molecule has 30 heavy (non-hydrogen) atoms. The van der Waals surface area contributed by atoms with Crippen LogP contribution < -0.4 is 11.2 Å². The van der Waals surface area contributed by atoms with Crippen molar-refractivity contribution in [2.45, 2.75) is 117 Å². The topological polar surface area (TPSA) is 47.2 Å². The Morgan fingerprint density at radius 3 is 1.80 bits per heavy atom. The monoisotopic (exact) mass is 419 g/mol. The average Bonchev–Trinajstić information content (AvgIpc) is 2.72. The van der Waals surface area contributed by atoms with Gasteiger partial charge in [0, 0.05) is 24.8 Å². The summed E-state index contributed by atoms with van der Waals surface area (Å²) in [7, 11) is 0. The van der Waals surface area contributed by atoms with Gasteiger partial charge in [0.05, 0.1) is 0 Å². The Kier molecular flexibility index (Phi) is 12.1. The van der Waals surface area contributed by atoms with Crippen LogP contribution in [-0.4, -0.2) is 33.7 Å². The van der Waals surface area contributed by atoms with Crippen molar-refractivity contribution >= 4 is 0 Å². The van der Waals surface area contributed by atoms with Crippen LogP contribution in [0.1, 0.15) is 103 Å². The third-order valence-electron chi connectivity index (χ3n) is 6.53. The van der Waals surface area contributed by atoms with Crippen LogP contribution in [0.3, 0.4) is 0 Å². The number of hydrogen-bond donors (Lipinski definition) is 0. The van der Waals surface area contributed by atoms with Gasteiger partial charge in [-0.2, -0.15) is 0 Å². The van der Waals surface area contributed by atoms with E-state index < -0.39 is 0 Å². The van der Waals surface area contributed by atoms with Crippen LogP contribution in [0.15, 0.2) is 15.7 Å². The molecule has 1 aromatic rings. The van der Waals surface area contributed by atoms with Crippen molar-refractivity contribution in [2.75, 3.05) is 19.6 Å². The van der Waals surface area contributed by atoms with Crippen molar-refractivity contribution in [3.8, 4) is 0 Å². The van der Waals surface area contributed by atoms with Crippen molar-refractivity contribution in [2.24, 2.45) is 0 Å². The Morgan fingerprint density at radius 1 is 0.700 bits per heavy atom. The minimum atomic E-state index is -0.145. The van der Waals surface area contributed by atoms with Crippen molar-refractivity contribution in [1.82, 2.24) is 14.0 Å². The number of rotatable bonds is 11. The van der Waals surface area contributed by atoms with E-state index in [4.69, 9.17) is 0 Å². The van der Waals surface area contributed by atoms with Crippen LogP contribution in [0.2, 0.25) is 0 Å². The van der Waals surface area contributed by atoms with Gasteiger partial charge < -0.3 is 4.90 Å². The SMILES string of the molecule is CCCCCCCCCCCCN1CCCCn2c(C)cc(=O)n(c2=O)CCCC1. The van der Waals surface area contributed by atoms with Crippen LogP contribution in [0.4, 0.5) is 0 Å². The molecular weight excluding hydrogens is 374 g/mol. The zero-order valence-electron chi connectivity index (χ0n) is 19.7. The summed E-state index contributed by atoms with van der Waals surface area (Å²) in [5.74, 6) is 0. The maximum Gasteiger partial charge on any atom is 0.331 e. The quantitative estimate of drug-likeness (QED) is 0.468. The highest BCUT2D eigenvalue weighted by atomic mass is 16.2. The van der Waals surface area contributed by atoms with Gasteiger partial charge in [-0.05, 0) is 58.7 Å². The first-order chi connectivity index (χ1) is 14.6. The van der Waals surface area contributed by atoms with Gasteiger partial charge in [0.1, 0.15) is 0 Å². The van der Waals surface area contributed by atoms with Crippen LogP contribution in [0, 0.1) is 6.92 Å². The van der Waals surface area contributed by atoms with Crippen LogP contribution in [0.25, 0.3) is 0 Å². The van der Waals surface area contributed by atoms with E-state index in [-0.39, 0.29) is 11.2 Å². The minimum absolute atomic E-state index is 0.122. The van der Waals surface area contributed by atoms with Crippen LogP contribution in [-0.2, 0) is 13.1 Å². The second-order valence-electron chi connectivity index (χ2n) is 9.15. The molecule has 172 valence electrons. The molecule has 2 bridgehead atoms. The number of fused-ring (bicyclic) bond motifs is 2. The number of aromatic nitrogens is 2. The molecular formula is C25H45N3O2. The molecule has 0 unspecified atom stereocenters. The van der Waals surface area contributed by atoms with E-state index in [1.165, 1.54) is 75.3 Å². The summed E-state index contributed by atoms with van der Waals surface area (Å²) in [6.07, 6.45) is 17.9. The lowest BCUT2D eigenvalue weighted by Gasteiger charge is -2.23.